The van der Waals surface area contributed by atoms with Crippen molar-refractivity contribution in [1.29, 1.82) is 0 Å². The number of fused-ring (bicyclic) bond motifs is 1. The van der Waals surface area contributed by atoms with E-state index in [-0.39, 0.29) is 0 Å². The average Bonchev–Trinajstić information content (AvgIpc) is 2.73. The Labute approximate surface area is 76.4 Å². The molecular weight excluding hydrogens is 196 g/mol. The fourth-order valence-electron chi connectivity index (χ4n) is 1.27. The Bertz CT molecular complexity index is 399. The predicted molar refractivity (Wildman–Crippen MR) is 40.0 cm³/mol. The lowest BCUT2D eigenvalue weighted by molar-refractivity contribution is -0.438. The molecule has 0 aromatic carbocycles. The third-order valence-electron chi connectivity index (χ3n) is 1.97. The summed E-state index contributed by atoms with van der Waals surface area (Å²) >= 11 is 0. The van der Waals surface area contributed by atoms with E-state index in [2.05, 4.69) is 4.74 Å². The maximum Gasteiger partial charge on any atom is 0.287 e. The van der Waals surface area contributed by atoms with Gasteiger partial charge in [0.25, 0.3) is 11.4 Å². The van der Waals surface area contributed by atoms with Crippen molar-refractivity contribution in [2.24, 2.45) is 0 Å². The van der Waals surface area contributed by atoms with E-state index in [0.717, 1.165) is 12.2 Å². The van der Waals surface area contributed by atoms with Gasteiger partial charge in [-0.1, -0.05) is 0 Å². The second-order valence-corrected chi connectivity index (χ2v) is 2.90. The van der Waals surface area contributed by atoms with Crippen LogP contribution in [0.4, 0.5) is 0 Å². The molecule has 1 aliphatic heterocycles. The second-order valence-electron chi connectivity index (χ2n) is 2.90. The topological polar surface area (TPSA) is 119 Å². The molecule has 14 heavy (non-hydrogen) atoms. The zero-order valence-electron chi connectivity index (χ0n) is 6.61. The first-order valence-corrected chi connectivity index (χ1v) is 3.57. The first kappa shape index (κ1) is 8.78. The van der Waals surface area contributed by atoms with Gasteiger partial charge in [-0.05, 0) is 0 Å². The molecule has 1 aliphatic carbocycles. The van der Waals surface area contributed by atoms with E-state index < -0.39 is 33.1 Å². The van der Waals surface area contributed by atoms with Crippen LogP contribution in [0, 0.1) is 20.2 Å². The minimum absolute atomic E-state index is 0.498. The third kappa shape index (κ3) is 1.09. The van der Waals surface area contributed by atoms with E-state index in [1.807, 2.05) is 0 Å². The Kier molecular flexibility index (Phi) is 1.48. The minimum Gasteiger partial charge on any atom is -0.360 e. The van der Waals surface area contributed by atoms with Gasteiger partial charge < -0.3 is 9.84 Å². The average molecular weight is 200 g/mol. The van der Waals surface area contributed by atoms with Gasteiger partial charge in [0.1, 0.15) is 0 Å². The van der Waals surface area contributed by atoms with E-state index in [9.17, 15) is 25.3 Å². The Morgan fingerprint density at radius 1 is 1.43 bits per heavy atom. The highest BCUT2D eigenvalue weighted by atomic mass is 16.7. The van der Waals surface area contributed by atoms with Crippen LogP contribution in [0.5, 0.6) is 0 Å². The summed E-state index contributed by atoms with van der Waals surface area (Å²) in [5.74, 6) is -1.86. The molecule has 1 saturated heterocycles. The molecule has 1 heterocycles. The lowest BCUT2D eigenvalue weighted by atomic mass is 10.1. The number of aliphatic hydroxyl groups is 1. The van der Waals surface area contributed by atoms with Crippen LogP contribution in [0.3, 0.4) is 0 Å². The molecule has 2 unspecified atom stereocenters. The van der Waals surface area contributed by atoms with Crippen LogP contribution in [0.25, 0.3) is 0 Å². The van der Waals surface area contributed by atoms with Crippen LogP contribution >= 0.6 is 0 Å². The Hall–Kier alpha value is -1.80. The normalized spacial score (nSPS) is 33.9. The van der Waals surface area contributed by atoms with Crippen LogP contribution in [-0.2, 0) is 4.74 Å². The van der Waals surface area contributed by atoms with E-state index in [1.54, 1.807) is 0 Å². The van der Waals surface area contributed by atoms with E-state index in [4.69, 9.17) is 0 Å². The van der Waals surface area contributed by atoms with Crippen LogP contribution in [0.1, 0.15) is 0 Å². The summed E-state index contributed by atoms with van der Waals surface area (Å²) in [6, 6.07) is 0. The molecule has 1 fully saturated rings. The Balaban J connectivity index is 2.42. The van der Waals surface area contributed by atoms with Crippen molar-refractivity contribution in [3.8, 4) is 0 Å². The Morgan fingerprint density at radius 3 is 2.57 bits per heavy atom. The number of epoxide rings is 1. The van der Waals surface area contributed by atoms with Gasteiger partial charge in [0, 0.05) is 0 Å². The van der Waals surface area contributed by atoms with Crippen molar-refractivity contribution >= 4 is 0 Å². The van der Waals surface area contributed by atoms with Crippen molar-refractivity contribution in [2.45, 2.75) is 11.9 Å². The van der Waals surface area contributed by atoms with Gasteiger partial charge in [0.05, 0.1) is 22.0 Å². The molecular formula is C6H4N2O6. The monoisotopic (exact) mass is 200 g/mol. The highest BCUT2D eigenvalue weighted by Crippen LogP contribution is 2.44. The van der Waals surface area contributed by atoms with Gasteiger partial charge in [-0.3, -0.25) is 20.2 Å². The number of nitro groups is 2. The minimum atomic E-state index is -1.86. The van der Waals surface area contributed by atoms with Crippen LogP contribution in [-0.4, -0.2) is 26.8 Å². The summed E-state index contributed by atoms with van der Waals surface area (Å²) in [5, 5.41) is 30.1. The quantitative estimate of drug-likeness (QED) is 0.361. The molecule has 74 valence electrons. The summed E-state index contributed by atoms with van der Waals surface area (Å²) in [4.78, 5) is 19.1. The number of ether oxygens (including phenoxy) is 1. The molecule has 0 aromatic rings. The fourth-order valence-corrected chi connectivity index (χ4v) is 1.27. The van der Waals surface area contributed by atoms with E-state index in [1.165, 1.54) is 0 Å². The van der Waals surface area contributed by atoms with Gasteiger partial charge in [-0.25, -0.2) is 0 Å². The molecule has 8 nitrogen and oxygen atoms in total. The first-order valence-electron chi connectivity index (χ1n) is 3.57. The molecule has 1 N–H and O–H groups in total. The second kappa shape index (κ2) is 2.36. The number of hydrogen-bond acceptors (Lipinski definition) is 6. The highest BCUT2D eigenvalue weighted by molar-refractivity contribution is 5.34. The van der Waals surface area contributed by atoms with Crippen molar-refractivity contribution in [3.63, 3.8) is 0 Å². The fraction of sp³-hybridized carbons (Fsp3) is 0.333. The van der Waals surface area contributed by atoms with Crippen molar-refractivity contribution < 1.29 is 19.7 Å². The van der Waals surface area contributed by atoms with Crippen LogP contribution in [0.15, 0.2) is 23.5 Å². The lowest BCUT2D eigenvalue weighted by Crippen LogP contribution is -2.22. The maximum atomic E-state index is 10.4. The first-order chi connectivity index (χ1) is 6.44. The van der Waals surface area contributed by atoms with Gasteiger partial charge in [0.15, 0.2) is 0 Å². The zero-order chi connectivity index (χ0) is 10.5. The molecule has 0 bridgehead atoms. The van der Waals surface area contributed by atoms with Crippen LogP contribution < -0.4 is 0 Å². The number of nitrogens with zero attached hydrogens (tertiary/aromatic N) is 2. The van der Waals surface area contributed by atoms with E-state index in [0.29, 0.717) is 0 Å². The molecule has 2 rings (SSSR count). The molecule has 2 atom stereocenters. The van der Waals surface area contributed by atoms with Crippen LogP contribution in [0.2, 0.25) is 0 Å². The van der Waals surface area contributed by atoms with Gasteiger partial charge >= 0.3 is 0 Å². The summed E-state index contributed by atoms with van der Waals surface area (Å²) in [5.41, 5.74) is -1.03. The smallest absolute Gasteiger partial charge is 0.287 e. The molecule has 0 aromatic heterocycles. The lowest BCUT2D eigenvalue weighted by Gasteiger charge is -2.02. The Morgan fingerprint density at radius 2 is 2.07 bits per heavy atom. The van der Waals surface area contributed by atoms with Gasteiger partial charge in [-0.2, -0.15) is 0 Å². The summed E-state index contributed by atoms with van der Waals surface area (Å²) in [6.07, 6.45) is 0.553. The third-order valence-corrected chi connectivity index (χ3v) is 1.97. The van der Waals surface area contributed by atoms with Gasteiger partial charge in [0.2, 0.25) is 11.9 Å². The maximum absolute atomic E-state index is 10.4. The molecule has 0 amide bonds. The van der Waals surface area contributed by atoms with E-state index >= 15 is 0 Å². The predicted octanol–water partition coefficient (Wildman–Crippen LogP) is -0.591. The molecule has 8 heteroatoms. The van der Waals surface area contributed by atoms with Crippen molar-refractivity contribution in [3.05, 3.63) is 43.8 Å². The summed E-state index contributed by atoms with van der Waals surface area (Å²) in [7, 11) is 0. The molecule has 0 spiro atoms. The van der Waals surface area contributed by atoms with Crippen molar-refractivity contribution in [1.82, 2.24) is 0 Å². The van der Waals surface area contributed by atoms with Crippen molar-refractivity contribution in [2.75, 3.05) is 0 Å². The summed E-state index contributed by atoms with van der Waals surface area (Å²) < 4.78 is 4.58. The SMILES string of the molecule is O=[N+]([O-])C1=CC2(O)OC2C([N+](=O)[O-])=C1. The zero-order valence-corrected chi connectivity index (χ0v) is 6.61. The molecule has 0 radical (unpaired) electrons. The largest absolute Gasteiger partial charge is 0.360 e. The highest BCUT2D eigenvalue weighted by Gasteiger charge is 2.64. The summed E-state index contributed by atoms with van der Waals surface area (Å²) in [6.45, 7) is 0. The number of rotatable bonds is 2. The molecule has 2 aliphatic rings. The number of allylic oxidation sites excluding steroid dienone is 1. The van der Waals surface area contributed by atoms with Gasteiger partial charge in [-0.15, -0.1) is 0 Å². The standard InChI is InChI=1S/C6H4N2O6/c9-6-2-3(7(10)11)1-4(8(12)13)5(6)14-6/h1-2,5,9H. The number of hydrogen-bond donors (Lipinski definition) is 1. The molecule has 0 saturated carbocycles.